The Balaban J connectivity index is 1.54. The van der Waals surface area contributed by atoms with Gasteiger partial charge in [0.25, 0.3) is 0 Å². The van der Waals surface area contributed by atoms with Gasteiger partial charge in [-0.2, -0.15) is 11.8 Å². The molecule has 0 bridgehead atoms. The molecule has 0 saturated heterocycles. The number of hydrogen-bond acceptors (Lipinski definition) is 4. The Hall–Kier alpha value is -0.470. The molecule has 1 aliphatic carbocycles. The Kier molecular flexibility index (Phi) is 7.80. The fourth-order valence-corrected chi connectivity index (χ4v) is 11.5. The molecule has 2 aromatic carbocycles. The summed E-state index contributed by atoms with van der Waals surface area (Å²) in [7, 11) is -0.158. The van der Waals surface area contributed by atoms with Crippen molar-refractivity contribution in [1.29, 1.82) is 0 Å². The molecule has 2 atom stereocenters. The average Bonchev–Trinajstić information content (AvgIpc) is 2.79. The van der Waals surface area contributed by atoms with Gasteiger partial charge >= 0.3 is 0 Å². The summed E-state index contributed by atoms with van der Waals surface area (Å²) in [4.78, 5) is 1.54. The van der Waals surface area contributed by atoms with E-state index in [1.54, 1.807) is 4.90 Å². The standard InChI is InChI=1S/C24H32N2S5/c1-28-22-15-24(29-2,30-3)20-14-19(11-12-21(20)31(22)4)26-23(27)25-18-10-9-16-7-5-6-8-17(16)13-18/h9-14,22,31H,5-8,15H2,1-4H3,(H2,25,26,27). The number of thioether (sulfide) groups is 3. The molecule has 2 aromatic rings. The topological polar surface area (TPSA) is 24.1 Å². The van der Waals surface area contributed by atoms with Crippen molar-refractivity contribution in [3.8, 4) is 0 Å². The van der Waals surface area contributed by atoms with Crippen LogP contribution < -0.4 is 10.6 Å². The van der Waals surface area contributed by atoms with Crippen LogP contribution >= 0.6 is 58.4 Å². The summed E-state index contributed by atoms with van der Waals surface area (Å²) in [5, 5.41) is 7.51. The van der Waals surface area contributed by atoms with Gasteiger partial charge in [-0.25, -0.2) is 10.9 Å². The van der Waals surface area contributed by atoms with Crippen LogP contribution in [0.5, 0.6) is 0 Å². The van der Waals surface area contributed by atoms with E-state index in [9.17, 15) is 0 Å². The smallest absolute Gasteiger partial charge is 0.175 e. The monoisotopic (exact) mass is 508 g/mol. The van der Waals surface area contributed by atoms with E-state index in [-0.39, 0.29) is 15.0 Å². The lowest BCUT2D eigenvalue weighted by atomic mass is 9.91. The minimum Gasteiger partial charge on any atom is -0.332 e. The van der Waals surface area contributed by atoms with Crippen LogP contribution in [0.3, 0.4) is 0 Å². The molecule has 0 saturated carbocycles. The number of nitrogens with one attached hydrogen (secondary N) is 2. The molecular formula is C24H32N2S5. The van der Waals surface area contributed by atoms with Crippen LogP contribution in [-0.4, -0.2) is 34.7 Å². The maximum atomic E-state index is 5.67. The fourth-order valence-electron chi connectivity index (χ4n) is 4.67. The summed E-state index contributed by atoms with van der Waals surface area (Å²) < 4.78 is 0.830. The highest BCUT2D eigenvalue weighted by Gasteiger charge is 2.41. The summed E-state index contributed by atoms with van der Waals surface area (Å²) >= 11 is 11.7. The van der Waals surface area contributed by atoms with Crippen molar-refractivity contribution in [1.82, 2.24) is 0 Å². The summed E-state index contributed by atoms with van der Waals surface area (Å²) in [6.07, 6.45) is 15.4. The van der Waals surface area contributed by atoms with Gasteiger partial charge in [-0.3, -0.25) is 0 Å². The zero-order chi connectivity index (χ0) is 22.0. The molecule has 0 aromatic heterocycles. The minimum absolute atomic E-state index is 0.114. The molecule has 7 heteroatoms. The number of fused-ring (bicyclic) bond motifs is 2. The lowest BCUT2D eigenvalue weighted by Gasteiger charge is -2.45. The van der Waals surface area contributed by atoms with Crippen molar-refractivity contribution in [3.63, 3.8) is 0 Å². The van der Waals surface area contributed by atoms with E-state index in [1.165, 1.54) is 48.8 Å². The van der Waals surface area contributed by atoms with E-state index in [1.807, 2.05) is 35.3 Å². The highest BCUT2D eigenvalue weighted by molar-refractivity contribution is 8.27. The van der Waals surface area contributed by atoms with E-state index in [4.69, 9.17) is 12.2 Å². The predicted molar refractivity (Wildman–Crippen MR) is 153 cm³/mol. The SMILES string of the molecule is CSC1CC(SC)(SC)c2cc(NC(=S)Nc3ccc4c(c3)CCCC4)ccc2[SH]1C. The first-order valence-electron chi connectivity index (χ1n) is 10.7. The number of benzene rings is 2. The van der Waals surface area contributed by atoms with Crippen molar-refractivity contribution in [2.24, 2.45) is 0 Å². The Bertz CT molecular complexity index is 957. The van der Waals surface area contributed by atoms with Crippen LogP contribution in [0.2, 0.25) is 0 Å². The van der Waals surface area contributed by atoms with E-state index in [2.05, 4.69) is 72.1 Å². The molecule has 2 aliphatic rings. The quantitative estimate of drug-likeness (QED) is 0.222. The molecule has 4 rings (SSSR count). The van der Waals surface area contributed by atoms with Gasteiger partial charge in [-0.1, -0.05) is 6.07 Å². The number of aryl methyl sites for hydroxylation is 2. The van der Waals surface area contributed by atoms with Gasteiger partial charge in [0.15, 0.2) is 5.11 Å². The van der Waals surface area contributed by atoms with Gasteiger partial charge in [-0.05, 0) is 121 Å². The van der Waals surface area contributed by atoms with Gasteiger partial charge in [0.1, 0.15) is 0 Å². The Labute approximate surface area is 208 Å². The van der Waals surface area contributed by atoms with Gasteiger partial charge < -0.3 is 10.6 Å². The van der Waals surface area contributed by atoms with E-state index >= 15 is 0 Å². The van der Waals surface area contributed by atoms with E-state index in [0.717, 1.165) is 11.4 Å². The summed E-state index contributed by atoms with van der Waals surface area (Å²) in [5.41, 5.74) is 6.60. The van der Waals surface area contributed by atoms with Gasteiger partial charge in [0, 0.05) is 16.0 Å². The molecule has 1 heterocycles. The first-order valence-corrected chi connectivity index (χ1v) is 16.7. The molecule has 31 heavy (non-hydrogen) atoms. The zero-order valence-corrected chi connectivity index (χ0v) is 22.8. The molecular weight excluding hydrogens is 477 g/mol. The zero-order valence-electron chi connectivity index (χ0n) is 18.7. The fraction of sp³-hybridized carbons (Fsp3) is 0.458. The minimum atomic E-state index is -0.158. The molecule has 1 aliphatic heterocycles. The number of hydrogen-bond donors (Lipinski definition) is 3. The molecule has 0 amide bonds. The molecule has 168 valence electrons. The van der Waals surface area contributed by atoms with Crippen LogP contribution in [0, 0.1) is 0 Å². The first kappa shape index (κ1) is 23.7. The van der Waals surface area contributed by atoms with E-state index < -0.39 is 0 Å². The van der Waals surface area contributed by atoms with Crippen molar-refractivity contribution in [2.75, 3.05) is 35.7 Å². The maximum Gasteiger partial charge on any atom is 0.175 e. The Morgan fingerprint density at radius 2 is 1.61 bits per heavy atom. The summed E-state index contributed by atoms with van der Waals surface area (Å²) in [6.45, 7) is 0. The van der Waals surface area contributed by atoms with Crippen LogP contribution in [0.4, 0.5) is 11.4 Å². The normalized spacial score (nSPS) is 22.8. The van der Waals surface area contributed by atoms with Crippen molar-refractivity contribution in [3.05, 3.63) is 53.1 Å². The second-order valence-electron chi connectivity index (χ2n) is 8.17. The van der Waals surface area contributed by atoms with Crippen molar-refractivity contribution >= 4 is 74.9 Å². The largest absolute Gasteiger partial charge is 0.332 e. The second kappa shape index (κ2) is 10.2. The van der Waals surface area contributed by atoms with Crippen molar-refractivity contribution < 1.29 is 0 Å². The highest BCUT2D eigenvalue weighted by Crippen LogP contribution is 2.62. The van der Waals surface area contributed by atoms with Crippen molar-refractivity contribution in [2.45, 2.75) is 45.7 Å². The summed E-state index contributed by atoms with van der Waals surface area (Å²) in [5.74, 6) is 0. The van der Waals surface area contributed by atoms with Crippen LogP contribution in [-0.2, 0) is 16.9 Å². The lowest BCUT2D eigenvalue weighted by Crippen LogP contribution is -2.29. The highest BCUT2D eigenvalue weighted by atomic mass is 32.2. The third-order valence-electron chi connectivity index (χ3n) is 6.46. The molecule has 2 N–H and O–H groups in total. The van der Waals surface area contributed by atoms with Gasteiger partial charge in [0.05, 0.1) is 4.08 Å². The van der Waals surface area contributed by atoms with Crippen LogP contribution in [0.1, 0.15) is 36.0 Å². The average molecular weight is 509 g/mol. The molecule has 0 fully saturated rings. The number of thiocarbonyl (C=S) groups is 1. The van der Waals surface area contributed by atoms with Crippen LogP contribution in [0.25, 0.3) is 0 Å². The van der Waals surface area contributed by atoms with Gasteiger partial charge in [0.2, 0.25) is 0 Å². The lowest BCUT2D eigenvalue weighted by molar-refractivity contribution is 0.686. The summed E-state index contributed by atoms with van der Waals surface area (Å²) in [6, 6.07) is 13.6. The number of anilines is 2. The van der Waals surface area contributed by atoms with Crippen LogP contribution in [0.15, 0.2) is 41.3 Å². The Morgan fingerprint density at radius 3 is 2.29 bits per heavy atom. The number of rotatable bonds is 5. The predicted octanol–water partition coefficient (Wildman–Crippen LogP) is 7.34. The molecule has 2 unspecified atom stereocenters. The molecule has 0 radical (unpaired) electrons. The second-order valence-corrected chi connectivity index (χ2v) is 14.8. The third kappa shape index (κ3) is 4.91. The maximum absolute atomic E-state index is 5.67. The van der Waals surface area contributed by atoms with Gasteiger partial charge in [-0.15, -0.1) is 23.5 Å². The Morgan fingerprint density at radius 1 is 0.968 bits per heavy atom. The number of thiol groups is 1. The third-order valence-corrected chi connectivity index (χ3v) is 14.2. The first-order chi connectivity index (χ1) is 15.0. The van der Waals surface area contributed by atoms with E-state index in [0.29, 0.717) is 9.69 Å². The molecule has 2 nitrogen and oxygen atoms in total. The molecule has 0 spiro atoms.